The van der Waals surface area contributed by atoms with Gasteiger partial charge in [0.05, 0.1) is 0 Å². The Morgan fingerprint density at radius 2 is 1.25 bits per heavy atom. The first-order valence-electron chi connectivity index (χ1n) is 0.632. The molecule has 0 unspecified atom stereocenters. The number of hydrogen-bond donors (Lipinski definition) is 2. The van der Waals surface area contributed by atoms with Crippen molar-refractivity contribution >= 4 is 7.69 Å². The standard InChI is InChI=1S/BH3O2.Re/c2-1-3;/h1-3H;. The zero-order chi connectivity index (χ0) is 2.71. The molecule has 0 amide bonds. The average molecular weight is 232 g/mol. The predicted octanol–water partition coefficient (Wildman–Crippen LogP) is -1.77. The molecule has 2 nitrogen and oxygen atoms in total. The summed E-state index contributed by atoms with van der Waals surface area (Å²) >= 11 is 0. The summed E-state index contributed by atoms with van der Waals surface area (Å²) in [6, 6.07) is 0. The van der Waals surface area contributed by atoms with Crippen LogP contribution in [0.5, 0.6) is 0 Å². The monoisotopic (exact) mass is 233 g/mol. The van der Waals surface area contributed by atoms with Gasteiger partial charge in [-0.3, -0.25) is 0 Å². The molecule has 2 N–H and O–H groups in total. The molecule has 0 spiro atoms. The van der Waals surface area contributed by atoms with Crippen LogP contribution in [0.25, 0.3) is 0 Å². The van der Waals surface area contributed by atoms with Gasteiger partial charge in [0.25, 0.3) is 0 Å². The van der Waals surface area contributed by atoms with Crippen LogP contribution in [0.2, 0.25) is 0 Å². The van der Waals surface area contributed by atoms with Crippen LogP contribution in [-0.2, 0) is 20.4 Å². The summed E-state index contributed by atoms with van der Waals surface area (Å²) in [6.45, 7) is 0. The van der Waals surface area contributed by atoms with Gasteiger partial charge in [-0.1, -0.05) is 0 Å². The van der Waals surface area contributed by atoms with Crippen LogP contribution in [-0.4, -0.2) is 17.7 Å². The minimum Gasteiger partial charge on any atom is -0.430 e. The topological polar surface area (TPSA) is 40.5 Å². The summed E-state index contributed by atoms with van der Waals surface area (Å²) in [6.07, 6.45) is 0. The maximum absolute atomic E-state index is 7.12. The first-order valence-corrected chi connectivity index (χ1v) is 0.632. The quantitative estimate of drug-likeness (QED) is 0.485. The third-order valence-corrected chi connectivity index (χ3v) is 0. The van der Waals surface area contributed by atoms with Gasteiger partial charge >= 0.3 is 7.69 Å². The van der Waals surface area contributed by atoms with E-state index in [1.54, 1.807) is 0 Å². The molecule has 0 aliphatic carbocycles. The van der Waals surface area contributed by atoms with Crippen molar-refractivity contribution in [2.75, 3.05) is 0 Å². The molecule has 0 aliphatic heterocycles. The second-order valence-corrected chi connectivity index (χ2v) is 0.141. The Morgan fingerprint density at radius 1 is 1.25 bits per heavy atom. The van der Waals surface area contributed by atoms with Gasteiger partial charge in [-0.25, -0.2) is 0 Å². The fraction of sp³-hybridized carbons (Fsp3) is 0. The van der Waals surface area contributed by atoms with Gasteiger partial charge in [0, 0.05) is 20.4 Å². The van der Waals surface area contributed by atoms with Crippen molar-refractivity contribution in [3.63, 3.8) is 0 Å². The zero-order valence-electron chi connectivity index (χ0n) is 1.98. The van der Waals surface area contributed by atoms with Gasteiger partial charge in [0.1, 0.15) is 0 Å². The first kappa shape index (κ1) is 8.82. The van der Waals surface area contributed by atoms with Gasteiger partial charge in [-0.15, -0.1) is 0 Å². The second-order valence-electron chi connectivity index (χ2n) is 0.141. The SMILES string of the molecule is OBO.[Re]. The largest absolute Gasteiger partial charge is 0.432 e. The fourth-order valence-electron chi connectivity index (χ4n) is 0. The van der Waals surface area contributed by atoms with E-state index < -0.39 is 7.69 Å². The van der Waals surface area contributed by atoms with Crippen molar-refractivity contribution < 1.29 is 30.5 Å². The molecule has 4 heteroatoms. The van der Waals surface area contributed by atoms with Crippen LogP contribution in [0, 0.1) is 0 Å². The minimum absolute atomic E-state index is 0. The molecule has 0 aromatic rings. The van der Waals surface area contributed by atoms with E-state index >= 15 is 0 Å². The summed E-state index contributed by atoms with van der Waals surface area (Å²) in [5.41, 5.74) is 0. The van der Waals surface area contributed by atoms with Crippen LogP contribution < -0.4 is 0 Å². The van der Waals surface area contributed by atoms with E-state index in [4.69, 9.17) is 10.0 Å². The average Bonchev–Trinajstić information content (AvgIpc) is 0.918. The Morgan fingerprint density at radius 3 is 1.25 bits per heavy atom. The molecular weight excluding hydrogens is 229 g/mol. The summed E-state index contributed by atoms with van der Waals surface area (Å²) < 4.78 is 0. The number of hydrogen-bond acceptors (Lipinski definition) is 2. The van der Waals surface area contributed by atoms with Gasteiger partial charge in [0.15, 0.2) is 0 Å². The Bertz CT molecular complexity index is 6.00. The van der Waals surface area contributed by atoms with Crippen molar-refractivity contribution in [1.82, 2.24) is 0 Å². The molecule has 1 radical (unpaired) electrons. The van der Waals surface area contributed by atoms with Crippen LogP contribution in [0.4, 0.5) is 0 Å². The molecule has 0 fully saturated rings. The van der Waals surface area contributed by atoms with E-state index in [1.165, 1.54) is 0 Å². The molecule has 4 heavy (non-hydrogen) atoms. The summed E-state index contributed by atoms with van der Waals surface area (Å²) in [5.74, 6) is 0. The van der Waals surface area contributed by atoms with Crippen molar-refractivity contribution in [3.05, 3.63) is 0 Å². The molecule has 0 aromatic heterocycles. The van der Waals surface area contributed by atoms with Crippen LogP contribution >= 0.6 is 0 Å². The zero-order valence-corrected chi connectivity index (χ0v) is 4.70. The van der Waals surface area contributed by atoms with E-state index in [0.29, 0.717) is 0 Å². The van der Waals surface area contributed by atoms with Crippen LogP contribution in [0.1, 0.15) is 0 Å². The molecule has 0 saturated carbocycles. The Labute approximate surface area is 38.8 Å². The van der Waals surface area contributed by atoms with Gasteiger partial charge in [-0.2, -0.15) is 0 Å². The van der Waals surface area contributed by atoms with Crippen molar-refractivity contribution in [3.8, 4) is 0 Å². The van der Waals surface area contributed by atoms with Gasteiger partial charge < -0.3 is 10.0 Å². The summed E-state index contributed by atoms with van der Waals surface area (Å²) in [5, 5.41) is 14.2. The van der Waals surface area contributed by atoms with Crippen molar-refractivity contribution in [2.24, 2.45) is 0 Å². The molecule has 0 bridgehead atoms. The third kappa shape index (κ3) is 17.1. The maximum Gasteiger partial charge on any atom is 0.432 e. The molecule has 0 heterocycles. The summed E-state index contributed by atoms with van der Waals surface area (Å²) in [7, 11) is -0.750. The Balaban J connectivity index is 0. The van der Waals surface area contributed by atoms with Crippen molar-refractivity contribution in [2.45, 2.75) is 0 Å². The summed E-state index contributed by atoms with van der Waals surface area (Å²) in [4.78, 5) is 0. The van der Waals surface area contributed by atoms with E-state index in [0.717, 1.165) is 0 Å². The Hall–Kier alpha value is 0.647. The molecule has 25 valence electrons. The van der Waals surface area contributed by atoms with E-state index in [2.05, 4.69) is 0 Å². The van der Waals surface area contributed by atoms with Crippen LogP contribution in [0.15, 0.2) is 0 Å². The predicted molar refractivity (Wildman–Crippen MR) is 11.6 cm³/mol. The normalized spacial score (nSPS) is 3.50. The number of rotatable bonds is 0. The molecule has 0 atom stereocenters. The van der Waals surface area contributed by atoms with Crippen molar-refractivity contribution in [1.29, 1.82) is 0 Å². The Kier molecular flexibility index (Phi) is 20.8. The van der Waals surface area contributed by atoms with Crippen LogP contribution in [0.3, 0.4) is 0 Å². The molecule has 0 aromatic carbocycles. The molecule has 0 aliphatic rings. The minimum atomic E-state index is -0.750. The van der Waals surface area contributed by atoms with Gasteiger partial charge in [0.2, 0.25) is 0 Å². The fourth-order valence-corrected chi connectivity index (χ4v) is 0. The smallest absolute Gasteiger partial charge is 0.430 e. The van der Waals surface area contributed by atoms with E-state index in [-0.39, 0.29) is 20.4 Å². The molecule has 0 rings (SSSR count). The third-order valence-electron chi connectivity index (χ3n) is 0. The van der Waals surface area contributed by atoms with Gasteiger partial charge in [-0.05, 0) is 0 Å². The first-order chi connectivity index (χ1) is 1.41. The van der Waals surface area contributed by atoms with E-state index in [1.807, 2.05) is 0 Å². The van der Waals surface area contributed by atoms with E-state index in [9.17, 15) is 0 Å². The second kappa shape index (κ2) is 9.42. The molecule has 0 saturated heterocycles. The maximum atomic E-state index is 7.12. The molecular formula is H3BO2Re.